The van der Waals surface area contributed by atoms with Crippen LogP contribution in [0.3, 0.4) is 0 Å². The van der Waals surface area contributed by atoms with E-state index in [9.17, 15) is 14.4 Å². The lowest BCUT2D eigenvalue weighted by atomic mass is 10.1. The summed E-state index contributed by atoms with van der Waals surface area (Å²) in [6, 6.07) is 0. The Hall–Kier alpha value is -1.98. The maximum Gasteiger partial charge on any atom is 0.356 e. The van der Waals surface area contributed by atoms with Gasteiger partial charge in [-0.3, -0.25) is 9.59 Å². The van der Waals surface area contributed by atoms with E-state index in [0.717, 1.165) is 6.33 Å². The van der Waals surface area contributed by atoms with E-state index in [1.807, 2.05) is 0 Å². The molecule has 0 spiro atoms. The number of ketones is 2. The molecule has 0 bridgehead atoms. The molecule has 14 heavy (non-hydrogen) atoms. The average molecular weight is 196 g/mol. The van der Waals surface area contributed by atoms with E-state index in [1.54, 1.807) is 0 Å². The minimum Gasteiger partial charge on any atom is -0.476 e. The van der Waals surface area contributed by atoms with Crippen molar-refractivity contribution in [3.63, 3.8) is 0 Å². The molecule has 0 unspecified atom stereocenters. The Kier molecular flexibility index (Phi) is 2.76. The molecule has 0 aliphatic carbocycles. The zero-order chi connectivity index (χ0) is 10.7. The van der Waals surface area contributed by atoms with Crippen molar-refractivity contribution in [1.82, 2.24) is 9.97 Å². The minimum absolute atomic E-state index is 0.132. The van der Waals surface area contributed by atoms with Crippen molar-refractivity contribution < 1.29 is 19.5 Å². The number of nitrogens with zero attached hydrogens (tertiary/aromatic N) is 1. The number of H-pyrrole nitrogens is 1. The first-order valence-electron chi connectivity index (χ1n) is 3.81. The van der Waals surface area contributed by atoms with Gasteiger partial charge in [0.25, 0.3) is 0 Å². The molecule has 1 aromatic heterocycles. The van der Waals surface area contributed by atoms with Crippen LogP contribution in [0.15, 0.2) is 6.33 Å². The summed E-state index contributed by atoms with van der Waals surface area (Å²) in [6.07, 6.45) is 0.791. The summed E-state index contributed by atoms with van der Waals surface area (Å²) < 4.78 is 0. The molecular weight excluding hydrogens is 188 g/mol. The molecule has 74 valence electrons. The maximum atomic E-state index is 11.3. The lowest BCUT2D eigenvalue weighted by Crippen LogP contribution is -2.11. The van der Waals surface area contributed by atoms with E-state index in [1.165, 1.54) is 6.92 Å². The molecule has 0 radical (unpaired) electrons. The Balaban J connectivity index is 2.95. The first-order valence-corrected chi connectivity index (χ1v) is 3.81. The number of Topliss-reactive ketones (excluding diaryl/α,β-unsaturated/α-hetero) is 2. The van der Waals surface area contributed by atoms with Gasteiger partial charge in [0.15, 0.2) is 11.5 Å². The molecule has 0 saturated heterocycles. The van der Waals surface area contributed by atoms with E-state index < -0.39 is 11.8 Å². The second kappa shape index (κ2) is 3.82. The van der Waals surface area contributed by atoms with Crippen LogP contribution in [-0.4, -0.2) is 32.6 Å². The third-order valence-electron chi connectivity index (χ3n) is 1.53. The number of hydrogen-bond donors (Lipinski definition) is 2. The van der Waals surface area contributed by atoms with Crippen LogP contribution in [0.1, 0.15) is 34.3 Å². The molecule has 6 heteroatoms. The van der Waals surface area contributed by atoms with Crippen LogP contribution in [0.4, 0.5) is 0 Å². The van der Waals surface area contributed by atoms with E-state index in [4.69, 9.17) is 5.11 Å². The summed E-state index contributed by atoms with van der Waals surface area (Å²) in [5.41, 5.74) is -0.482. The predicted molar refractivity (Wildman–Crippen MR) is 45.2 cm³/mol. The van der Waals surface area contributed by atoms with Gasteiger partial charge in [-0.1, -0.05) is 0 Å². The average Bonchev–Trinajstić information content (AvgIpc) is 2.49. The number of hydrogen-bond acceptors (Lipinski definition) is 4. The van der Waals surface area contributed by atoms with Crippen molar-refractivity contribution in [1.29, 1.82) is 0 Å². The molecule has 0 atom stereocenters. The molecule has 0 aromatic carbocycles. The fourth-order valence-electron chi connectivity index (χ4n) is 0.983. The second-order valence-electron chi connectivity index (χ2n) is 2.73. The quantitative estimate of drug-likeness (QED) is 0.531. The van der Waals surface area contributed by atoms with Crippen molar-refractivity contribution >= 4 is 17.5 Å². The van der Waals surface area contributed by atoms with Crippen LogP contribution < -0.4 is 0 Å². The minimum atomic E-state index is -1.29. The predicted octanol–water partition coefficient (Wildman–Crippen LogP) is 0.270. The Morgan fingerprint density at radius 3 is 2.64 bits per heavy atom. The summed E-state index contributed by atoms with van der Waals surface area (Å²) in [6.45, 7) is 1.26. The summed E-state index contributed by atoms with van der Waals surface area (Å²) >= 11 is 0. The number of carbonyl (C=O) groups is 3. The van der Waals surface area contributed by atoms with Crippen LogP contribution >= 0.6 is 0 Å². The highest BCUT2D eigenvalue weighted by atomic mass is 16.4. The number of aromatic carboxylic acids is 1. The zero-order valence-corrected chi connectivity index (χ0v) is 7.40. The van der Waals surface area contributed by atoms with Crippen molar-refractivity contribution in [2.45, 2.75) is 13.3 Å². The number of nitrogens with one attached hydrogen (secondary N) is 1. The van der Waals surface area contributed by atoms with Crippen molar-refractivity contribution in [3.8, 4) is 0 Å². The molecule has 0 saturated carbocycles. The van der Waals surface area contributed by atoms with Gasteiger partial charge in [-0.05, 0) is 6.92 Å². The number of carbonyl (C=O) groups excluding carboxylic acids is 2. The molecule has 1 rings (SSSR count). The van der Waals surface area contributed by atoms with Gasteiger partial charge in [0.2, 0.25) is 0 Å². The van der Waals surface area contributed by atoms with Crippen LogP contribution in [0.5, 0.6) is 0 Å². The molecule has 2 N–H and O–H groups in total. The zero-order valence-electron chi connectivity index (χ0n) is 7.40. The van der Waals surface area contributed by atoms with Gasteiger partial charge >= 0.3 is 5.97 Å². The molecule has 0 amide bonds. The third-order valence-corrected chi connectivity index (χ3v) is 1.53. The topological polar surface area (TPSA) is 100 Å². The fourth-order valence-corrected chi connectivity index (χ4v) is 0.983. The summed E-state index contributed by atoms with van der Waals surface area (Å²) in [4.78, 5) is 38.3. The fraction of sp³-hybridized carbons (Fsp3) is 0.250. The van der Waals surface area contributed by atoms with Crippen LogP contribution in [0.2, 0.25) is 0 Å². The first kappa shape index (κ1) is 10.1. The number of carboxylic acids is 1. The number of rotatable bonds is 4. The summed E-state index contributed by atoms with van der Waals surface area (Å²) in [7, 11) is 0. The van der Waals surface area contributed by atoms with Gasteiger partial charge in [0, 0.05) is 0 Å². The number of aromatic amines is 1. The molecule has 6 nitrogen and oxygen atoms in total. The van der Waals surface area contributed by atoms with Gasteiger partial charge in [0.05, 0.1) is 12.7 Å². The Morgan fingerprint density at radius 1 is 1.50 bits per heavy atom. The number of carboxylic acid groups (broad SMARTS) is 1. The van der Waals surface area contributed by atoms with E-state index in [0.29, 0.717) is 0 Å². The smallest absolute Gasteiger partial charge is 0.356 e. The SMILES string of the molecule is CC(=O)CC(=O)c1[nH]cnc1C(=O)O. The molecule has 0 aliphatic heterocycles. The summed E-state index contributed by atoms with van der Waals surface area (Å²) in [5, 5.41) is 8.62. The Labute approximate surface area is 79.0 Å². The van der Waals surface area contributed by atoms with Crippen molar-refractivity contribution in [3.05, 3.63) is 17.7 Å². The normalized spacial score (nSPS) is 9.79. The number of aromatic nitrogens is 2. The van der Waals surface area contributed by atoms with Gasteiger partial charge in [-0.2, -0.15) is 0 Å². The highest BCUT2D eigenvalue weighted by molar-refractivity contribution is 6.10. The molecular formula is C8H8N2O4. The van der Waals surface area contributed by atoms with Crippen molar-refractivity contribution in [2.75, 3.05) is 0 Å². The van der Waals surface area contributed by atoms with Crippen LogP contribution in [0.25, 0.3) is 0 Å². The van der Waals surface area contributed by atoms with Gasteiger partial charge in [0.1, 0.15) is 11.5 Å². The first-order chi connectivity index (χ1) is 6.52. The second-order valence-corrected chi connectivity index (χ2v) is 2.73. The standard InChI is InChI=1S/C8H8N2O4/c1-4(11)2-5(12)6-7(8(13)14)10-3-9-6/h3H,2H2,1H3,(H,9,10)(H,13,14). The lowest BCUT2D eigenvalue weighted by molar-refractivity contribution is -0.116. The van der Waals surface area contributed by atoms with Crippen molar-refractivity contribution in [2.24, 2.45) is 0 Å². The van der Waals surface area contributed by atoms with Crippen LogP contribution in [0, 0.1) is 0 Å². The summed E-state index contributed by atoms with van der Waals surface area (Å²) in [5.74, 6) is -2.17. The van der Waals surface area contributed by atoms with E-state index in [-0.39, 0.29) is 23.6 Å². The molecule has 0 fully saturated rings. The lowest BCUT2D eigenvalue weighted by Gasteiger charge is -1.95. The third kappa shape index (κ3) is 2.03. The largest absolute Gasteiger partial charge is 0.476 e. The highest BCUT2D eigenvalue weighted by Crippen LogP contribution is 2.06. The highest BCUT2D eigenvalue weighted by Gasteiger charge is 2.20. The molecule has 0 aliphatic rings. The molecule has 1 heterocycles. The maximum absolute atomic E-state index is 11.3. The van der Waals surface area contributed by atoms with Gasteiger partial charge in [-0.25, -0.2) is 9.78 Å². The number of imidazole rings is 1. The van der Waals surface area contributed by atoms with Gasteiger partial charge in [-0.15, -0.1) is 0 Å². The Bertz CT molecular complexity index is 394. The van der Waals surface area contributed by atoms with E-state index >= 15 is 0 Å². The van der Waals surface area contributed by atoms with Gasteiger partial charge < -0.3 is 10.1 Å². The van der Waals surface area contributed by atoms with Crippen LogP contribution in [-0.2, 0) is 4.79 Å². The molecule has 1 aromatic rings. The Morgan fingerprint density at radius 2 is 2.14 bits per heavy atom. The van der Waals surface area contributed by atoms with E-state index in [2.05, 4.69) is 9.97 Å². The monoisotopic (exact) mass is 196 g/mol.